The third-order valence-corrected chi connectivity index (χ3v) is 6.14. The predicted molar refractivity (Wildman–Crippen MR) is 123 cm³/mol. The lowest BCUT2D eigenvalue weighted by atomic mass is 9.84. The summed E-state index contributed by atoms with van der Waals surface area (Å²) in [6.07, 6.45) is 0. The number of hydrogen-bond donors (Lipinski definition) is 1. The van der Waals surface area contributed by atoms with E-state index in [1.54, 1.807) is 54.6 Å². The molecular formula is C26H22FN3O3. The van der Waals surface area contributed by atoms with E-state index in [0.29, 0.717) is 41.0 Å². The van der Waals surface area contributed by atoms with Crippen LogP contribution < -0.4 is 10.2 Å². The Balaban J connectivity index is 1.21. The molecule has 5 rings (SSSR count). The van der Waals surface area contributed by atoms with Gasteiger partial charge in [0.2, 0.25) is 5.91 Å². The van der Waals surface area contributed by atoms with Crippen molar-refractivity contribution in [3.05, 3.63) is 94.8 Å². The monoisotopic (exact) mass is 443 g/mol. The van der Waals surface area contributed by atoms with Crippen molar-refractivity contribution >= 4 is 28.8 Å². The zero-order valence-corrected chi connectivity index (χ0v) is 17.9. The normalized spacial score (nSPS) is 15.7. The maximum Gasteiger partial charge on any atom is 0.238 e. The molecule has 3 aromatic rings. The fraction of sp³-hybridized carbons (Fsp3) is 0.192. The van der Waals surface area contributed by atoms with Gasteiger partial charge in [-0.05, 0) is 42.5 Å². The fourth-order valence-corrected chi connectivity index (χ4v) is 4.40. The van der Waals surface area contributed by atoms with Crippen LogP contribution in [0.5, 0.6) is 0 Å². The molecule has 1 saturated heterocycles. The molecule has 166 valence electrons. The molecule has 1 fully saturated rings. The third kappa shape index (κ3) is 4.15. The molecule has 0 aromatic heterocycles. The number of ketones is 2. The summed E-state index contributed by atoms with van der Waals surface area (Å²) >= 11 is 0. The van der Waals surface area contributed by atoms with E-state index in [4.69, 9.17) is 0 Å². The summed E-state index contributed by atoms with van der Waals surface area (Å²) in [5.74, 6) is -0.836. The van der Waals surface area contributed by atoms with Crippen LogP contribution >= 0.6 is 0 Å². The van der Waals surface area contributed by atoms with Crippen molar-refractivity contribution in [1.82, 2.24) is 4.90 Å². The Morgan fingerprint density at radius 1 is 0.788 bits per heavy atom. The summed E-state index contributed by atoms with van der Waals surface area (Å²) in [4.78, 5) is 42.4. The topological polar surface area (TPSA) is 69.7 Å². The summed E-state index contributed by atoms with van der Waals surface area (Å²) in [5, 5.41) is 2.85. The predicted octanol–water partition coefficient (Wildman–Crippen LogP) is 3.36. The lowest BCUT2D eigenvalue weighted by Gasteiger charge is -2.35. The molecule has 7 heteroatoms. The third-order valence-electron chi connectivity index (χ3n) is 6.14. The molecule has 3 aromatic carbocycles. The van der Waals surface area contributed by atoms with E-state index in [1.807, 2.05) is 0 Å². The number of amides is 1. The number of carbonyl (C=O) groups excluding carboxylic acids is 3. The molecule has 1 heterocycles. The maximum absolute atomic E-state index is 13.1. The van der Waals surface area contributed by atoms with Crippen molar-refractivity contribution in [2.75, 3.05) is 42.9 Å². The van der Waals surface area contributed by atoms with Gasteiger partial charge in [0.25, 0.3) is 0 Å². The lowest BCUT2D eigenvalue weighted by molar-refractivity contribution is -0.117. The van der Waals surface area contributed by atoms with Crippen molar-refractivity contribution < 1.29 is 18.8 Å². The van der Waals surface area contributed by atoms with Crippen LogP contribution in [0.1, 0.15) is 31.8 Å². The van der Waals surface area contributed by atoms with Gasteiger partial charge in [0.15, 0.2) is 11.6 Å². The van der Waals surface area contributed by atoms with Crippen molar-refractivity contribution in [2.24, 2.45) is 0 Å². The van der Waals surface area contributed by atoms with Gasteiger partial charge in [0.05, 0.1) is 6.54 Å². The van der Waals surface area contributed by atoms with Crippen LogP contribution in [0.15, 0.2) is 66.7 Å². The van der Waals surface area contributed by atoms with Crippen LogP contribution in [0.3, 0.4) is 0 Å². The van der Waals surface area contributed by atoms with E-state index >= 15 is 0 Å². The number of carbonyl (C=O) groups is 3. The smallest absolute Gasteiger partial charge is 0.238 e. The van der Waals surface area contributed by atoms with Crippen molar-refractivity contribution in [3.8, 4) is 0 Å². The Bertz CT molecular complexity index is 1250. The van der Waals surface area contributed by atoms with Crippen molar-refractivity contribution in [2.45, 2.75) is 0 Å². The van der Waals surface area contributed by atoms with E-state index < -0.39 is 0 Å². The van der Waals surface area contributed by atoms with Crippen molar-refractivity contribution in [1.29, 1.82) is 0 Å². The number of benzene rings is 3. The van der Waals surface area contributed by atoms with Crippen molar-refractivity contribution in [3.63, 3.8) is 0 Å². The molecule has 0 unspecified atom stereocenters. The summed E-state index contributed by atoms with van der Waals surface area (Å²) in [6.45, 7) is 3.13. The second kappa shape index (κ2) is 8.60. The highest BCUT2D eigenvalue weighted by molar-refractivity contribution is 6.28. The number of piperazine rings is 1. The van der Waals surface area contributed by atoms with Crippen LogP contribution in [-0.4, -0.2) is 55.1 Å². The Morgan fingerprint density at radius 2 is 1.39 bits per heavy atom. The maximum atomic E-state index is 13.1. The first kappa shape index (κ1) is 21.0. The second-order valence-corrected chi connectivity index (χ2v) is 8.25. The second-order valence-electron chi connectivity index (χ2n) is 8.25. The highest BCUT2D eigenvalue weighted by atomic mass is 19.1. The van der Waals surface area contributed by atoms with Gasteiger partial charge in [-0.1, -0.05) is 24.3 Å². The van der Waals surface area contributed by atoms with Gasteiger partial charge in [-0.25, -0.2) is 4.39 Å². The Labute approximate surface area is 190 Å². The molecule has 1 N–H and O–H groups in total. The zero-order chi connectivity index (χ0) is 22.9. The molecular weight excluding hydrogens is 421 g/mol. The Hall–Kier alpha value is -3.84. The van der Waals surface area contributed by atoms with E-state index in [-0.39, 0.29) is 29.8 Å². The molecule has 0 radical (unpaired) electrons. The average molecular weight is 443 g/mol. The van der Waals surface area contributed by atoms with Crippen LogP contribution in [0, 0.1) is 5.82 Å². The number of nitrogens with one attached hydrogen (secondary N) is 1. The molecule has 33 heavy (non-hydrogen) atoms. The summed E-state index contributed by atoms with van der Waals surface area (Å²) in [6, 6.07) is 18.0. The number of hydrogen-bond acceptors (Lipinski definition) is 5. The Morgan fingerprint density at radius 3 is 2.06 bits per heavy atom. The molecule has 2 aliphatic rings. The van der Waals surface area contributed by atoms with E-state index in [2.05, 4.69) is 15.1 Å². The number of fused-ring (bicyclic) bond motifs is 2. The summed E-state index contributed by atoms with van der Waals surface area (Å²) in [5.41, 5.74) is 2.92. The van der Waals surface area contributed by atoms with E-state index in [0.717, 1.165) is 18.8 Å². The highest BCUT2D eigenvalue weighted by Gasteiger charge is 2.29. The molecule has 0 atom stereocenters. The van der Waals surface area contributed by atoms with Gasteiger partial charge >= 0.3 is 0 Å². The lowest BCUT2D eigenvalue weighted by Crippen LogP contribution is -2.48. The summed E-state index contributed by atoms with van der Waals surface area (Å²) in [7, 11) is 0. The first-order valence-corrected chi connectivity index (χ1v) is 10.8. The molecule has 1 aliphatic carbocycles. The molecule has 0 saturated carbocycles. The van der Waals surface area contributed by atoms with Crippen LogP contribution in [0.2, 0.25) is 0 Å². The fourth-order valence-electron chi connectivity index (χ4n) is 4.40. The Kier molecular flexibility index (Phi) is 5.48. The SMILES string of the molecule is O=C(CN1CCN(c2ccc(F)cc2)CC1)Nc1ccc2c(c1)C(=O)c1ccccc1C2=O. The number of nitrogens with zero attached hydrogens (tertiary/aromatic N) is 2. The van der Waals surface area contributed by atoms with E-state index in [9.17, 15) is 18.8 Å². The minimum Gasteiger partial charge on any atom is -0.369 e. The van der Waals surface area contributed by atoms with Crippen LogP contribution in [0.4, 0.5) is 15.8 Å². The largest absolute Gasteiger partial charge is 0.369 e. The number of rotatable bonds is 4. The van der Waals surface area contributed by atoms with Crippen LogP contribution in [-0.2, 0) is 4.79 Å². The van der Waals surface area contributed by atoms with E-state index in [1.165, 1.54) is 12.1 Å². The van der Waals surface area contributed by atoms with Gasteiger partial charge in [0, 0.05) is 59.8 Å². The van der Waals surface area contributed by atoms with Gasteiger partial charge in [-0.2, -0.15) is 0 Å². The van der Waals surface area contributed by atoms with Crippen LogP contribution in [0.25, 0.3) is 0 Å². The molecule has 1 amide bonds. The van der Waals surface area contributed by atoms with Gasteiger partial charge in [0.1, 0.15) is 5.82 Å². The molecule has 1 aliphatic heterocycles. The molecule has 0 bridgehead atoms. The number of halogens is 1. The first-order chi connectivity index (χ1) is 16.0. The van der Waals surface area contributed by atoms with Gasteiger partial charge in [-0.15, -0.1) is 0 Å². The zero-order valence-electron chi connectivity index (χ0n) is 17.9. The highest BCUT2D eigenvalue weighted by Crippen LogP contribution is 2.29. The number of anilines is 2. The average Bonchev–Trinajstić information content (AvgIpc) is 2.83. The first-order valence-electron chi connectivity index (χ1n) is 10.8. The van der Waals surface area contributed by atoms with Gasteiger partial charge < -0.3 is 10.2 Å². The minimum absolute atomic E-state index is 0.180. The van der Waals surface area contributed by atoms with Gasteiger partial charge in [-0.3, -0.25) is 19.3 Å². The molecule has 6 nitrogen and oxygen atoms in total. The molecule has 0 spiro atoms. The standard InChI is InChI=1S/C26H22FN3O3/c27-17-5-8-19(9-6-17)30-13-11-29(12-14-30)16-24(31)28-18-7-10-22-23(15-18)26(33)21-4-2-1-3-20(21)25(22)32/h1-10,15H,11-14,16H2,(H,28,31). The summed E-state index contributed by atoms with van der Waals surface area (Å²) < 4.78 is 13.1. The minimum atomic E-state index is -0.258. The quantitative estimate of drug-likeness (QED) is 0.524.